The molecule has 72 heavy (non-hydrogen) atoms. The van der Waals surface area contributed by atoms with Gasteiger partial charge in [0.1, 0.15) is 0 Å². The maximum Gasteiger partial charge on any atom is 0.252 e. The molecule has 0 saturated heterocycles. The number of rotatable bonds is 4. The summed E-state index contributed by atoms with van der Waals surface area (Å²) in [5.74, 6) is 0. The van der Waals surface area contributed by atoms with Gasteiger partial charge in [0, 0.05) is 50.8 Å². The molecule has 7 aromatic rings. The third-order valence-electron chi connectivity index (χ3n) is 17.7. The fourth-order valence-electron chi connectivity index (χ4n) is 12.7. The third-order valence-corrected chi connectivity index (χ3v) is 17.7. The van der Waals surface area contributed by atoms with Crippen LogP contribution in [-0.2, 0) is 32.5 Å². The molecule has 0 bridgehead atoms. The molecule has 2 unspecified atom stereocenters. The van der Waals surface area contributed by atoms with E-state index < -0.39 is 0 Å². The van der Waals surface area contributed by atoms with Gasteiger partial charge in [-0.2, -0.15) is 0 Å². The second-order valence-electron chi connectivity index (χ2n) is 27.6. The Morgan fingerprint density at radius 3 is 1.47 bits per heavy atom. The van der Waals surface area contributed by atoms with Crippen LogP contribution in [0.3, 0.4) is 0 Å². The van der Waals surface area contributed by atoms with E-state index in [-0.39, 0.29) is 44.7 Å². The van der Waals surface area contributed by atoms with Crippen LogP contribution in [0.25, 0.3) is 11.1 Å². The highest BCUT2D eigenvalue weighted by molar-refractivity contribution is 7.00. The average Bonchev–Trinajstić information content (AvgIpc) is 3.44. The molecular weight excluding hydrogens is 870 g/mol. The normalized spacial score (nSPS) is 19.3. The van der Waals surface area contributed by atoms with Crippen molar-refractivity contribution < 1.29 is 0 Å². The zero-order chi connectivity index (χ0) is 51.5. The number of nitrogens with zero attached hydrogens (tertiary/aromatic N) is 3. The molecule has 0 spiro atoms. The highest BCUT2D eigenvalue weighted by Gasteiger charge is 2.63. The average molecular weight is 948 g/mol. The topological polar surface area (TPSA) is 9.72 Å². The van der Waals surface area contributed by atoms with Crippen molar-refractivity contribution in [3.05, 3.63) is 173 Å². The molecule has 368 valence electrons. The molecule has 0 radical (unpaired) electrons. The summed E-state index contributed by atoms with van der Waals surface area (Å²) in [7, 11) is 0. The van der Waals surface area contributed by atoms with E-state index in [0.29, 0.717) is 0 Å². The predicted molar refractivity (Wildman–Crippen MR) is 313 cm³/mol. The van der Waals surface area contributed by atoms with Crippen LogP contribution < -0.4 is 31.1 Å². The minimum Gasteiger partial charge on any atom is -0.334 e. The first kappa shape index (κ1) is 48.3. The number of fused-ring (bicyclic) bond motifs is 7. The van der Waals surface area contributed by atoms with E-state index in [1.54, 1.807) is 0 Å². The van der Waals surface area contributed by atoms with Gasteiger partial charge in [-0.15, -0.1) is 0 Å². The Hall–Kier alpha value is -6.00. The Bertz CT molecular complexity index is 3310. The summed E-state index contributed by atoms with van der Waals surface area (Å²) in [4.78, 5) is 8.04. The summed E-state index contributed by atoms with van der Waals surface area (Å²) in [5, 5.41) is 0. The van der Waals surface area contributed by atoms with Crippen LogP contribution in [0.15, 0.2) is 140 Å². The van der Waals surface area contributed by atoms with E-state index in [0.717, 1.165) is 6.42 Å². The molecule has 2 atom stereocenters. The third kappa shape index (κ3) is 7.34. The molecule has 0 aromatic heterocycles. The second-order valence-corrected chi connectivity index (χ2v) is 27.6. The Morgan fingerprint density at radius 2 is 0.903 bits per heavy atom. The number of benzene rings is 7. The summed E-state index contributed by atoms with van der Waals surface area (Å²) >= 11 is 0. The standard InChI is InChI=1S/C68H78BN3/c1-62(2,3)44-23-28-49(29-24-44)70-58-42-50(72-56-33-26-46(64(7,8)9)38-52(56)67(16)35-36-68(67,72)17)30-31-53(58)69-54-39-47(65(10,11)12)27-34-57(54)71(60-41-48(66(13,14)15)40-59(70)61(60)69)55-32-25-45(63(4,5)6)37-51(55)43-21-19-18-20-22-43/h18-34,37-42H,35-36H2,1-17H3. The molecule has 4 aliphatic rings. The predicted octanol–water partition coefficient (Wildman–Crippen LogP) is 16.9. The van der Waals surface area contributed by atoms with Crippen LogP contribution in [0.5, 0.6) is 0 Å². The molecular formula is C68H78BN3. The van der Waals surface area contributed by atoms with Crippen LogP contribution in [-0.4, -0.2) is 12.3 Å². The van der Waals surface area contributed by atoms with Crippen LogP contribution >= 0.6 is 0 Å². The van der Waals surface area contributed by atoms with Crippen molar-refractivity contribution in [3.8, 4) is 11.1 Å². The first-order valence-electron chi connectivity index (χ1n) is 26.9. The van der Waals surface area contributed by atoms with E-state index in [1.165, 1.54) is 113 Å². The van der Waals surface area contributed by atoms with Crippen molar-refractivity contribution in [1.82, 2.24) is 0 Å². The quantitative estimate of drug-likeness (QED) is 0.163. The summed E-state index contributed by atoms with van der Waals surface area (Å²) in [6, 6.07) is 55.4. The smallest absolute Gasteiger partial charge is 0.252 e. The first-order valence-corrected chi connectivity index (χ1v) is 26.9. The largest absolute Gasteiger partial charge is 0.334 e. The molecule has 3 heterocycles. The van der Waals surface area contributed by atoms with Crippen LogP contribution in [0.1, 0.15) is 164 Å². The van der Waals surface area contributed by atoms with Crippen molar-refractivity contribution in [2.24, 2.45) is 0 Å². The number of hydrogen-bond donors (Lipinski definition) is 0. The van der Waals surface area contributed by atoms with Gasteiger partial charge in [0.05, 0.1) is 11.2 Å². The number of hydrogen-bond acceptors (Lipinski definition) is 3. The van der Waals surface area contributed by atoms with Gasteiger partial charge in [-0.1, -0.05) is 190 Å². The van der Waals surface area contributed by atoms with E-state index in [2.05, 4.69) is 272 Å². The minimum absolute atomic E-state index is 0.00879. The van der Waals surface area contributed by atoms with Crippen LogP contribution in [0.2, 0.25) is 0 Å². The van der Waals surface area contributed by atoms with E-state index in [1.807, 2.05) is 0 Å². The Labute approximate surface area is 433 Å². The van der Waals surface area contributed by atoms with Gasteiger partial charge in [0.2, 0.25) is 0 Å². The molecule has 1 aliphatic carbocycles. The van der Waals surface area contributed by atoms with Crippen molar-refractivity contribution >= 4 is 68.6 Å². The van der Waals surface area contributed by atoms with Crippen LogP contribution in [0.4, 0.5) is 45.5 Å². The lowest BCUT2D eigenvalue weighted by Gasteiger charge is -2.56. The summed E-state index contributed by atoms with van der Waals surface area (Å²) in [6.45, 7) is 40.3. The zero-order valence-corrected chi connectivity index (χ0v) is 46.6. The van der Waals surface area contributed by atoms with Gasteiger partial charge >= 0.3 is 0 Å². The molecule has 4 heteroatoms. The maximum atomic E-state index is 2.74. The summed E-state index contributed by atoms with van der Waals surface area (Å²) < 4.78 is 0. The minimum atomic E-state index is -0.139. The Kier molecular flexibility index (Phi) is 10.6. The summed E-state index contributed by atoms with van der Waals surface area (Å²) in [6.07, 6.45) is 2.35. The molecule has 3 nitrogen and oxygen atoms in total. The van der Waals surface area contributed by atoms with Gasteiger partial charge in [-0.05, 0) is 163 Å². The fraction of sp³-hybridized carbons (Fsp3) is 0.382. The van der Waals surface area contributed by atoms with E-state index in [9.17, 15) is 0 Å². The second kappa shape index (κ2) is 15.8. The molecule has 1 fully saturated rings. The van der Waals surface area contributed by atoms with E-state index >= 15 is 0 Å². The fourth-order valence-corrected chi connectivity index (χ4v) is 12.7. The van der Waals surface area contributed by atoms with Gasteiger partial charge in [0.25, 0.3) is 6.71 Å². The lowest BCUT2D eigenvalue weighted by Crippen LogP contribution is -2.62. The van der Waals surface area contributed by atoms with Crippen molar-refractivity contribution in [2.45, 2.75) is 169 Å². The SMILES string of the molecule is CC(C)(C)c1ccc(N2c3cc(N4c5ccc(C(C)(C)C)cc5C5(C)CCC45C)ccc3B3c4cc(C(C)(C)C)ccc4N(c4ccc(C(C)(C)C)cc4-c4ccccc4)c4cc(C(C)(C)C)cc2c43)cc1. The molecule has 11 rings (SSSR count). The molecule has 0 N–H and O–H groups in total. The maximum absolute atomic E-state index is 2.74. The highest BCUT2D eigenvalue weighted by Crippen LogP contribution is 2.65. The molecule has 1 saturated carbocycles. The number of anilines is 8. The monoisotopic (exact) mass is 948 g/mol. The highest BCUT2D eigenvalue weighted by atomic mass is 15.3. The molecule has 3 aliphatic heterocycles. The lowest BCUT2D eigenvalue weighted by atomic mass is 9.33. The Balaban J connectivity index is 1.23. The molecule has 0 amide bonds. The van der Waals surface area contributed by atoms with Crippen molar-refractivity contribution in [3.63, 3.8) is 0 Å². The first-order chi connectivity index (χ1) is 33.6. The summed E-state index contributed by atoms with van der Waals surface area (Å²) in [5.41, 5.74) is 24.7. The zero-order valence-electron chi connectivity index (χ0n) is 46.6. The Morgan fingerprint density at radius 1 is 0.389 bits per heavy atom. The molecule has 7 aromatic carbocycles. The van der Waals surface area contributed by atoms with Gasteiger partial charge in [0.15, 0.2) is 0 Å². The van der Waals surface area contributed by atoms with Crippen LogP contribution in [0, 0.1) is 0 Å². The van der Waals surface area contributed by atoms with Crippen molar-refractivity contribution in [2.75, 3.05) is 14.7 Å². The van der Waals surface area contributed by atoms with Crippen molar-refractivity contribution in [1.29, 1.82) is 0 Å². The van der Waals surface area contributed by atoms with Gasteiger partial charge in [-0.3, -0.25) is 0 Å². The van der Waals surface area contributed by atoms with Gasteiger partial charge in [-0.25, -0.2) is 0 Å². The van der Waals surface area contributed by atoms with E-state index in [4.69, 9.17) is 0 Å². The lowest BCUT2D eigenvalue weighted by molar-refractivity contribution is 0.133. The van der Waals surface area contributed by atoms with Gasteiger partial charge < -0.3 is 14.7 Å².